The zero-order chi connectivity index (χ0) is 15.4. The largest absolute Gasteiger partial charge is 0.483 e. The second kappa shape index (κ2) is 7.28. The minimum absolute atomic E-state index is 0.00809. The second-order valence-electron chi connectivity index (χ2n) is 5.52. The number of aryl methyl sites for hydroxylation is 1. The summed E-state index contributed by atoms with van der Waals surface area (Å²) in [5, 5.41) is 3.01. The highest BCUT2D eigenvalue weighted by atomic mass is 35.5. The zero-order valence-electron chi connectivity index (χ0n) is 13.0. The second-order valence-corrected chi connectivity index (χ2v) is 6.68. The van der Waals surface area contributed by atoms with Gasteiger partial charge in [0.05, 0.1) is 11.6 Å². The van der Waals surface area contributed by atoms with Gasteiger partial charge in [0.25, 0.3) is 0 Å². The van der Waals surface area contributed by atoms with Crippen molar-refractivity contribution in [3.05, 3.63) is 45.4 Å². The SMILES string of the molecule is CCC(Oc1cc(C)ccc1C(C)C)c1nc(CCl)cs1. The first kappa shape index (κ1) is 16.3. The number of nitrogens with zero attached hydrogens (tertiary/aromatic N) is 1. The van der Waals surface area contributed by atoms with Crippen LogP contribution in [0.1, 0.15) is 61.0 Å². The number of aromatic nitrogens is 1. The molecule has 4 heteroatoms. The lowest BCUT2D eigenvalue weighted by molar-refractivity contribution is 0.198. The van der Waals surface area contributed by atoms with Crippen molar-refractivity contribution < 1.29 is 4.74 Å². The summed E-state index contributed by atoms with van der Waals surface area (Å²) in [5.74, 6) is 1.86. The molecule has 0 saturated heterocycles. The van der Waals surface area contributed by atoms with Gasteiger partial charge in [-0.1, -0.05) is 32.9 Å². The van der Waals surface area contributed by atoms with E-state index in [-0.39, 0.29) is 6.10 Å². The maximum Gasteiger partial charge on any atom is 0.150 e. The molecule has 0 saturated carbocycles. The summed E-state index contributed by atoms with van der Waals surface area (Å²) in [6, 6.07) is 6.42. The van der Waals surface area contributed by atoms with E-state index in [4.69, 9.17) is 16.3 Å². The van der Waals surface area contributed by atoms with Crippen LogP contribution in [-0.2, 0) is 5.88 Å². The Balaban J connectivity index is 2.27. The molecule has 21 heavy (non-hydrogen) atoms. The van der Waals surface area contributed by atoms with Crippen molar-refractivity contribution in [3.63, 3.8) is 0 Å². The summed E-state index contributed by atoms with van der Waals surface area (Å²) in [5.41, 5.74) is 3.38. The van der Waals surface area contributed by atoms with Gasteiger partial charge < -0.3 is 4.74 Å². The molecule has 2 aromatic rings. The molecule has 2 rings (SSSR count). The molecule has 0 spiro atoms. The van der Waals surface area contributed by atoms with Crippen molar-refractivity contribution in [2.24, 2.45) is 0 Å². The number of rotatable bonds is 6. The Hall–Kier alpha value is -1.06. The van der Waals surface area contributed by atoms with Crippen molar-refractivity contribution >= 4 is 22.9 Å². The summed E-state index contributed by atoms with van der Waals surface area (Å²) < 4.78 is 6.29. The molecule has 0 aliphatic rings. The van der Waals surface area contributed by atoms with Crippen LogP contribution < -0.4 is 4.74 Å². The molecule has 1 aromatic carbocycles. The summed E-state index contributed by atoms with van der Waals surface area (Å²) in [6.07, 6.45) is 0.882. The minimum atomic E-state index is -0.00809. The van der Waals surface area contributed by atoms with Crippen LogP contribution >= 0.6 is 22.9 Å². The Bertz CT molecular complexity index is 594. The number of thiazole rings is 1. The highest BCUT2D eigenvalue weighted by molar-refractivity contribution is 7.09. The maximum absolute atomic E-state index is 6.29. The molecular formula is C17H22ClNOS. The molecule has 0 amide bonds. The van der Waals surface area contributed by atoms with Gasteiger partial charge in [0.2, 0.25) is 0 Å². The highest BCUT2D eigenvalue weighted by Crippen LogP contribution is 2.33. The Morgan fingerprint density at radius 1 is 1.33 bits per heavy atom. The van der Waals surface area contributed by atoms with Gasteiger partial charge in [-0.25, -0.2) is 4.98 Å². The third kappa shape index (κ3) is 3.98. The van der Waals surface area contributed by atoms with E-state index in [0.717, 1.165) is 22.9 Å². The Labute approximate surface area is 136 Å². The molecule has 0 radical (unpaired) electrons. The Morgan fingerprint density at radius 3 is 2.67 bits per heavy atom. The monoisotopic (exact) mass is 323 g/mol. The van der Waals surface area contributed by atoms with Crippen LogP contribution in [0.3, 0.4) is 0 Å². The van der Waals surface area contributed by atoms with Gasteiger partial charge >= 0.3 is 0 Å². The summed E-state index contributed by atoms with van der Waals surface area (Å²) >= 11 is 7.46. The summed E-state index contributed by atoms with van der Waals surface area (Å²) in [7, 11) is 0. The lowest BCUT2D eigenvalue weighted by atomic mass is 10.0. The Morgan fingerprint density at radius 2 is 2.10 bits per heavy atom. The normalized spacial score (nSPS) is 12.7. The van der Waals surface area contributed by atoms with Crippen molar-refractivity contribution in [3.8, 4) is 5.75 Å². The van der Waals surface area contributed by atoms with Gasteiger partial charge in [0.1, 0.15) is 16.9 Å². The molecule has 1 unspecified atom stereocenters. The quantitative estimate of drug-likeness (QED) is 0.623. The molecule has 0 aliphatic carbocycles. The highest BCUT2D eigenvalue weighted by Gasteiger charge is 2.18. The van der Waals surface area contributed by atoms with Crippen molar-refractivity contribution in [2.75, 3.05) is 0 Å². The van der Waals surface area contributed by atoms with E-state index < -0.39 is 0 Å². The van der Waals surface area contributed by atoms with Crippen LogP contribution in [0, 0.1) is 6.92 Å². The first-order chi connectivity index (χ1) is 10.0. The third-order valence-corrected chi connectivity index (χ3v) is 4.67. The van der Waals surface area contributed by atoms with Crippen LogP contribution in [0.25, 0.3) is 0 Å². The van der Waals surface area contributed by atoms with E-state index in [2.05, 4.69) is 50.9 Å². The predicted octanol–water partition coefficient (Wildman–Crippen LogP) is 5.84. The fourth-order valence-corrected chi connectivity index (χ4v) is 3.37. The molecule has 0 aliphatic heterocycles. The average molecular weight is 324 g/mol. The van der Waals surface area contributed by atoms with Gasteiger partial charge in [0.15, 0.2) is 0 Å². The van der Waals surface area contributed by atoms with Crippen LogP contribution in [0.15, 0.2) is 23.6 Å². The molecule has 1 aromatic heterocycles. The van der Waals surface area contributed by atoms with E-state index in [0.29, 0.717) is 11.8 Å². The van der Waals surface area contributed by atoms with Gasteiger partial charge in [0, 0.05) is 5.38 Å². The number of alkyl halides is 1. The fraction of sp³-hybridized carbons (Fsp3) is 0.471. The topological polar surface area (TPSA) is 22.1 Å². The van der Waals surface area contributed by atoms with E-state index in [1.807, 2.05) is 5.38 Å². The molecule has 114 valence electrons. The number of benzene rings is 1. The van der Waals surface area contributed by atoms with Crippen molar-refractivity contribution in [1.29, 1.82) is 0 Å². The molecule has 0 fully saturated rings. The first-order valence-electron chi connectivity index (χ1n) is 7.32. The van der Waals surface area contributed by atoms with Gasteiger partial charge in [-0.15, -0.1) is 22.9 Å². The smallest absolute Gasteiger partial charge is 0.150 e. The van der Waals surface area contributed by atoms with Gasteiger partial charge in [-0.2, -0.15) is 0 Å². The molecule has 1 heterocycles. The van der Waals surface area contributed by atoms with Crippen LogP contribution in [-0.4, -0.2) is 4.98 Å². The Kier molecular flexibility index (Phi) is 5.65. The van der Waals surface area contributed by atoms with Crippen LogP contribution in [0.2, 0.25) is 0 Å². The van der Waals surface area contributed by atoms with E-state index in [9.17, 15) is 0 Å². The summed E-state index contributed by atoms with van der Waals surface area (Å²) in [6.45, 7) is 8.59. The maximum atomic E-state index is 6.29. The fourth-order valence-electron chi connectivity index (χ4n) is 2.21. The third-order valence-electron chi connectivity index (χ3n) is 3.41. The number of ether oxygens (including phenoxy) is 1. The zero-order valence-corrected chi connectivity index (χ0v) is 14.6. The molecule has 0 bridgehead atoms. The van der Waals surface area contributed by atoms with Crippen molar-refractivity contribution in [1.82, 2.24) is 4.98 Å². The van der Waals surface area contributed by atoms with E-state index >= 15 is 0 Å². The van der Waals surface area contributed by atoms with Crippen LogP contribution in [0.4, 0.5) is 0 Å². The number of hydrogen-bond donors (Lipinski definition) is 0. The summed E-state index contributed by atoms with van der Waals surface area (Å²) in [4.78, 5) is 4.55. The number of halogens is 1. The lowest BCUT2D eigenvalue weighted by Gasteiger charge is -2.20. The molecule has 1 atom stereocenters. The van der Waals surface area contributed by atoms with Gasteiger partial charge in [-0.3, -0.25) is 0 Å². The average Bonchev–Trinajstić information content (AvgIpc) is 2.93. The lowest BCUT2D eigenvalue weighted by Crippen LogP contribution is -2.08. The standard InChI is InChI=1S/C17H22ClNOS/c1-5-15(17-19-13(9-18)10-21-17)20-16-8-12(4)6-7-14(16)11(2)3/h6-8,10-11,15H,5,9H2,1-4H3. The molecule has 0 N–H and O–H groups in total. The predicted molar refractivity (Wildman–Crippen MR) is 90.6 cm³/mol. The minimum Gasteiger partial charge on any atom is -0.483 e. The molecular weight excluding hydrogens is 302 g/mol. The number of hydrogen-bond acceptors (Lipinski definition) is 3. The molecule has 2 nitrogen and oxygen atoms in total. The van der Waals surface area contributed by atoms with E-state index in [1.54, 1.807) is 11.3 Å². The van der Waals surface area contributed by atoms with E-state index in [1.165, 1.54) is 11.1 Å². The van der Waals surface area contributed by atoms with Crippen molar-refractivity contribution in [2.45, 2.75) is 52.0 Å². The van der Waals surface area contributed by atoms with Gasteiger partial charge in [-0.05, 0) is 36.5 Å². The van der Waals surface area contributed by atoms with Crippen LogP contribution in [0.5, 0.6) is 5.75 Å². The first-order valence-corrected chi connectivity index (χ1v) is 8.74.